The van der Waals surface area contributed by atoms with Gasteiger partial charge in [0.15, 0.2) is 10.9 Å². The zero-order valence-corrected chi connectivity index (χ0v) is 12.0. The Labute approximate surface area is 124 Å². The second-order valence-corrected chi connectivity index (χ2v) is 5.94. The van der Waals surface area contributed by atoms with E-state index in [0.717, 1.165) is 18.0 Å². The van der Waals surface area contributed by atoms with Crippen molar-refractivity contribution in [2.45, 2.75) is 24.0 Å². The second kappa shape index (κ2) is 5.54. The van der Waals surface area contributed by atoms with E-state index in [0.29, 0.717) is 11.6 Å². The summed E-state index contributed by atoms with van der Waals surface area (Å²) in [4.78, 5) is 12.0. The number of thioether (sulfide) groups is 1. The zero-order chi connectivity index (χ0) is 14.1. The van der Waals surface area contributed by atoms with Gasteiger partial charge in [0.05, 0.1) is 10.8 Å². The number of ketones is 1. The third-order valence-electron chi connectivity index (χ3n) is 3.05. The molecule has 20 heavy (non-hydrogen) atoms. The lowest BCUT2D eigenvalue weighted by Crippen LogP contribution is -2.04. The lowest BCUT2D eigenvalue weighted by atomic mass is 10.1. The zero-order valence-electron chi connectivity index (χ0n) is 10.4. The van der Waals surface area contributed by atoms with Crippen molar-refractivity contribution in [3.8, 4) is 0 Å². The van der Waals surface area contributed by atoms with E-state index < -0.39 is 5.82 Å². The molecule has 1 fully saturated rings. The fourth-order valence-electron chi connectivity index (χ4n) is 1.82. The van der Waals surface area contributed by atoms with Gasteiger partial charge in [-0.1, -0.05) is 23.4 Å². The summed E-state index contributed by atoms with van der Waals surface area (Å²) in [7, 11) is 0. The smallest absolute Gasteiger partial charge is 0.191 e. The highest BCUT2D eigenvalue weighted by molar-refractivity contribution is 7.99. The lowest BCUT2D eigenvalue weighted by Gasteiger charge is -2.04. The Morgan fingerprint density at radius 3 is 3.00 bits per heavy atom. The van der Waals surface area contributed by atoms with Gasteiger partial charge in [0, 0.05) is 11.6 Å². The predicted molar refractivity (Wildman–Crippen MR) is 74.8 cm³/mol. The number of halogens is 2. The summed E-state index contributed by atoms with van der Waals surface area (Å²) in [6.45, 7) is 0. The van der Waals surface area contributed by atoms with E-state index in [2.05, 4.69) is 10.2 Å². The SMILES string of the molecule is O=C(CSc1nncn1C1CC1)c1ccc(F)c(Cl)c1. The molecule has 0 aliphatic heterocycles. The molecule has 1 aliphatic carbocycles. The number of benzene rings is 1. The molecule has 4 nitrogen and oxygen atoms in total. The largest absolute Gasteiger partial charge is 0.306 e. The van der Waals surface area contributed by atoms with Crippen LogP contribution in [0.1, 0.15) is 29.2 Å². The molecule has 7 heteroatoms. The Morgan fingerprint density at radius 1 is 1.50 bits per heavy atom. The van der Waals surface area contributed by atoms with Crippen molar-refractivity contribution in [1.82, 2.24) is 14.8 Å². The van der Waals surface area contributed by atoms with E-state index >= 15 is 0 Å². The van der Waals surface area contributed by atoms with Crippen LogP contribution >= 0.6 is 23.4 Å². The molecule has 0 radical (unpaired) electrons. The first-order valence-electron chi connectivity index (χ1n) is 6.15. The average Bonchev–Trinajstić information content (AvgIpc) is 3.18. The van der Waals surface area contributed by atoms with Gasteiger partial charge >= 0.3 is 0 Å². The molecule has 1 aliphatic rings. The van der Waals surface area contributed by atoms with E-state index in [1.54, 1.807) is 6.33 Å². The summed E-state index contributed by atoms with van der Waals surface area (Å²) in [5.41, 5.74) is 0.404. The second-order valence-electron chi connectivity index (χ2n) is 4.59. The van der Waals surface area contributed by atoms with Crippen LogP contribution in [0.3, 0.4) is 0 Å². The summed E-state index contributed by atoms with van der Waals surface area (Å²) >= 11 is 7.01. The van der Waals surface area contributed by atoms with Gasteiger partial charge in [-0.25, -0.2) is 4.39 Å². The fraction of sp³-hybridized carbons (Fsp3) is 0.308. The molecule has 1 aromatic carbocycles. The monoisotopic (exact) mass is 311 g/mol. The number of hydrogen-bond acceptors (Lipinski definition) is 4. The summed E-state index contributed by atoms with van der Waals surface area (Å²) in [5.74, 6) is -0.403. The maximum atomic E-state index is 13.0. The van der Waals surface area contributed by atoms with Gasteiger partial charge in [0.1, 0.15) is 12.1 Å². The van der Waals surface area contributed by atoms with E-state index in [1.165, 1.54) is 30.0 Å². The normalized spacial score (nSPS) is 14.5. The summed E-state index contributed by atoms with van der Waals surface area (Å²) in [5, 5.41) is 8.59. The van der Waals surface area contributed by atoms with Gasteiger partial charge in [0.2, 0.25) is 0 Å². The van der Waals surface area contributed by atoms with Gasteiger partial charge in [-0.05, 0) is 31.0 Å². The average molecular weight is 312 g/mol. The molecule has 0 spiro atoms. The minimum absolute atomic E-state index is 0.0398. The minimum atomic E-state index is -0.524. The van der Waals surface area contributed by atoms with Crippen molar-refractivity contribution >= 4 is 29.1 Å². The number of hydrogen-bond donors (Lipinski definition) is 0. The molecule has 0 amide bonds. The van der Waals surface area contributed by atoms with Crippen molar-refractivity contribution in [2.75, 3.05) is 5.75 Å². The Kier molecular flexibility index (Phi) is 3.76. The minimum Gasteiger partial charge on any atom is -0.306 e. The number of rotatable bonds is 5. The number of carbonyl (C=O) groups excluding carboxylic acids is 1. The highest BCUT2D eigenvalue weighted by Gasteiger charge is 2.26. The predicted octanol–water partition coefficient (Wildman–Crippen LogP) is 3.38. The number of aromatic nitrogens is 3. The van der Waals surface area contributed by atoms with Crippen molar-refractivity contribution in [3.63, 3.8) is 0 Å². The Bertz CT molecular complexity index is 657. The topological polar surface area (TPSA) is 47.8 Å². The summed E-state index contributed by atoms with van der Waals surface area (Å²) in [6, 6.07) is 4.47. The van der Waals surface area contributed by atoms with E-state index in [9.17, 15) is 9.18 Å². The van der Waals surface area contributed by atoms with Gasteiger partial charge < -0.3 is 4.57 Å². The molecular weight excluding hydrogens is 301 g/mol. The molecule has 0 N–H and O–H groups in total. The van der Waals surface area contributed by atoms with Gasteiger partial charge in [0.25, 0.3) is 0 Å². The third kappa shape index (κ3) is 2.86. The molecule has 3 rings (SSSR count). The Hall–Kier alpha value is -1.40. The van der Waals surface area contributed by atoms with Crippen molar-refractivity contribution in [3.05, 3.63) is 40.9 Å². The van der Waals surface area contributed by atoms with Crippen molar-refractivity contribution in [1.29, 1.82) is 0 Å². The summed E-state index contributed by atoms with van der Waals surface area (Å²) in [6.07, 6.45) is 3.96. The van der Waals surface area contributed by atoms with Crippen molar-refractivity contribution in [2.24, 2.45) is 0 Å². The van der Waals surface area contributed by atoms with Gasteiger partial charge in [-0.3, -0.25) is 4.79 Å². The van der Waals surface area contributed by atoms with Gasteiger partial charge in [-0.2, -0.15) is 0 Å². The number of carbonyl (C=O) groups is 1. The van der Waals surface area contributed by atoms with E-state index in [1.807, 2.05) is 4.57 Å². The van der Waals surface area contributed by atoms with Crippen LogP contribution in [0.4, 0.5) is 4.39 Å². The van der Waals surface area contributed by atoms with Crippen LogP contribution in [0.5, 0.6) is 0 Å². The molecule has 0 saturated heterocycles. The Balaban J connectivity index is 1.66. The maximum Gasteiger partial charge on any atom is 0.191 e. The quantitative estimate of drug-likeness (QED) is 0.627. The molecule has 1 heterocycles. The molecular formula is C13H11ClFN3OS. The maximum absolute atomic E-state index is 13.0. The van der Waals surface area contributed by atoms with Crippen LogP contribution in [-0.4, -0.2) is 26.3 Å². The third-order valence-corrected chi connectivity index (χ3v) is 4.30. The first kappa shape index (κ1) is 13.6. The molecule has 0 atom stereocenters. The molecule has 0 bridgehead atoms. The standard InChI is InChI=1S/C13H11ClFN3OS/c14-10-5-8(1-4-11(10)15)12(19)6-20-13-17-16-7-18(13)9-2-3-9/h1,4-5,7,9H,2-3,6H2. The van der Waals surface area contributed by atoms with Crippen molar-refractivity contribution < 1.29 is 9.18 Å². The first-order chi connectivity index (χ1) is 9.65. The fourth-order valence-corrected chi connectivity index (χ4v) is 2.88. The number of nitrogens with zero attached hydrogens (tertiary/aromatic N) is 3. The van der Waals surface area contributed by atoms with Gasteiger partial charge in [-0.15, -0.1) is 10.2 Å². The Morgan fingerprint density at radius 2 is 2.30 bits per heavy atom. The molecule has 0 unspecified atom stereocenters. The molecule has 1 aromatic heterocycles. The summed E-state index contributed by atoms with van der Waals surface area (Å²) < 4.78 is 15.0. The highest BCUT2D eigenvalue weighted by Crippen LogP contribution is 2.37. The van der Waals surface area contributed by atoms with Crippen LogP contribution in [0, 0.1) is 5.82 Å². The van der Waals surface area contributed by atoms with Crippen LogP contribution in [-0.2, 0) is 0 Å². The van der Waals surface area contributed by atoms with Crippen LogP contribution in [0.25, 0.3) is 0 Å². The van der Waals surface area contributed by atoms with Crippen LogP contribution in [0.15, 0.2) is 29.7 Å². The van der Waals surface area contributed by atoms with Crippen LogP contribution in [0.2, 0.25) is 5.02 Å². The molecule has 1 saturated carbocycles. The lowest BCUT2D eigenvalue weighted by molar-refractivity contribution is 0.102. The first-order valence-corrected chi connectivity index (χ1v) is 7.52. The number of Topliss-reactive ketones (excluding diaryl/α,β-unsaturated/α-hetero) is 1. The highest BCUT2D eigenvalue weighted by atomic mass is 35.5. The van der Waals surface area contributed by atoms with Crippen LogP contribution < -0.4 is 0 Å². The van der Waals surface area contributed by atoms with E-state index in [4.69, 9.17) is 11.6 Å². The van der Waals surface area contributed by atoms with E-state index in [-0.39, 0.29) is 16.6 Å². The molecule has 104 valence electrons. The molecule has 2 aromatic rings.